The first-order valence-corrected chi connectivity index (χ1v) is 7.78. The van der Waals surface area contributed by atoms with Gasteiger partial charge in [-0.05, 0) is 32.0 Å². The number of halogens is 4. The lowest BCUT2D eigenvalue weighted by Crippen LogP contribution is -2.07. The van der Waals surface area contributed by atoms with E-state index in [1.165, 1.54) is 6.20 Å². The summed E-state index contributed by atoms with van der Waals surface area (Å²) in [6.45, 7) is 3.74. The number of ether oxygens (including phenoxy) is 1. The average Bonchev–Trinajstić information content (AvgIpc) is 2.52. The molecule has 2 heterocycles. The maximum absolute atomic E-state index is 12.7. The van der Waals surface area contributed by atoms with Gasteiger partial charge in [-0.2, -0.15) is 13.2 Å². The van der Waals surface area contributed by atoms with Crippen LogP contribution in [-0.4, -0.2) is 21.1 Å². The summed E-state index contributed by atoms with van der Waals surface area (Å²) in [5.41, 5.74) is 1.06. The van der Waals surface area contributed by atoms with Crippen LogP contribution in [-0.2, 0) is 6.18 Å². The van der Waals surface area contributed by atoms with Gasteiger partial charge in [0.15, 0.2) is 0 Å². The molecule has 25 heavy (non-hydrogen) atoms. The quantitative estimate of drug-likeness (QED) is 0.642. The third-order valence-corrected chi connectivity index (χ3v) is 3.61. The molecule has 0 spiro atoms. The molecule has 0 amide bonds. The molecule has 8 heteroatoms. The molecule has 0 unspecified atom stereocenters. The number of aromatic nitrogens is 3. The third kappa shape index (κ3) is 3.82. The Labute approximate surface area is 146 Å². The molecule has 1 aromatic carbocycles. The highest BCUT2D eigenvalue weighted by Crippen LogP contribution is 2.34. The van der Waals surface area contributed by atoms with Crippen LogP contribution in [0.25, 0.3) is 22.3 Å². The van der Waals surface area contributed by atoms with E-state index in [2.05, 4.69) is 15.0 Å². The minimum absolute atomic E-state index is 0.0547. The molecule has 0 atom stereocenters. The van der Waals surface area contributed by atoms with Crippen molar-refractivity contribution in [1.82, 2.24) is 15.0 Å². The van der Waals surface area contributed by atoms with Crippen LogP contribution in [0.4, 0.5) is 13.2 Å². The minimum Gasteiger partial charge on any atom is -0.474 e. The molecule has 0 aliphatic carbocycles. The second-order valence-electron chi connectivity index (χ2n) is 5.63. The Morgan fingerprint density at radius 3 is 2.44 bits per heavy atom. The van der Waals surface area contributed by atoms with Gasteiger partial charge < -0.3 is 4.74 Å². The van der Waals surface area contributed by atoms with E-state index in [1.54, 1.807) is 18.2 Å². The van der Waals surface area contributed by atoms with Gasteiger partial charge in [-0.1, -0.05) is 17.7 Å². The Bertz CT molecular complexity index is 929. The molecular weight excluding hydrogens is 355 g/mol. The summed E-state index contributed by atoms with van der Waals surface area (Å²) >= 11 is 6.00. The summed E-state index contributed by atoms with van der Waals surface area (Å²) < 4.78 is 43.7. The summed E-state index contributed by atoms with van der Waals surface area (Å²) in [4.78, 5) is 12.5. The lowest BCUT2D eigenvalue weighted by atomic mass is 10.1. The Morgan fingerprint density at radius 1 is 1.04 bits per heavy atom. The van der Waals surface area contributed by atoms with Crippen LogP contribution in [0.3, 0.4) is 0 Å². The first kappa shape index (κ1) is 17.4. The SMILES string of the molecule is CC(C)Oc1cnc2ccc(-c3ncc(C(F)(F)F)cc3Cl)cc2n1. The van der Waals surface area contributed by atoms with Gasteiger partial charge in [-0.15, -0.1) is 0 Å². The molecule has 3 rings (SSSR count). The summed E-state index contributed by atoms with van der Waals surface area (Å²) in [7, 11) is 0. The first-order valence-electron chi connectivity index (χ1n) is 7.40. The Kier molecular flexibility index (Phi) is 4.51. The summed E-state index contributed by atoms with van der Waals surface area (Å²) in [6.07, 6.45) is -2.27. The zero-order valence-corrected chi connectivity index (χ0v) is 14.1. The maximum atomic E-state index is 12.7. The zero-order valence-electron chi connectivity index (χ0n) is 13.3. The molecule has 0 bridgehead atoms. The van der Waals surface area contributed by atoms with Crippen LogP contribution in [0.5, 0.6) is 5.88 Å². The van der Waals surface area contributed by atoms with Gasteiger partial charge in [-0.3, -0.25) is 4.98 Å². The molecule has 4 nitrogen and oxygen atoms in total. The van der Waals surface area contributed by atoms with Gasteiger partial charge in [0.25, 0.3) is 0 Å². The molecule has 3 aromatic rings. The van der Waals surface area contributed by atoms with Crippen molar-refractivity contribution >= 4 is 22.6 Å². The fourth-order valence-electron chi connectivity index (χ4n) is 2.25. The molecule has 0 N–H and O–H groups in total. The van der Waals surface area contributed by atoms with Crippen molar-refractivity contribution in [3.8, 4) is 17.1 Å². The predicted molar refractivity (Wildman–Crippen MR) is 88.5 cm³/mol. The fraction of sp³-hybridized carbons (Fsp3) is 0.235. The molecule has 0 fully saturated rings. The Balaban J connectivity index is 2.03. The number of hydrogen-bond acceptors (Lipinski definition) is 4. The van der Waals surface area contributed by atoms with Gasteiger partial charge in [0.2, 0.25) is 5.88 Å². The predicted octanol–water partition coefficient (Wildman–Crippen LogP) is 5.15. The number of alkyl halides is 3. The van der Waals surface area contributed by atoms with Crippen LogP contribution in [0.15, 0.2) is 36.7 Å². The van der Waals surface area contributed by atoms with Crippen molar-refractivity contribution < 1.29 is 17.9 Å². The van der Waals surface area contributed by atoms with E-state index in [1.807, 2.05) is 13.8 Å². The van der Waals surface area contributed by atoms with Crippen LogP contribution in [0, 0.1) is 0 Å². The van der Waals surface area contributed by atoms with Gasteiger partial charge in [-0.25, -0.2) is 9.97 Å². The number of fused-ring (bicyclic) bond motifs is 1. The zero-order chi connectivity index (χ0) is 18.2. The molecular formula is C17H13ClF3N3O. The number of hydrogen-bond donors (Lipinski definition) is 0. The molecule has 0 aliphatic heterocycles. The second-order valence-corrected chi connectivity index (χ2v) is 6.04. The highest BCUT2D eigenvalue weighted by molar-refractivity contribution is 6.33. The van der Waals surface area contributed by atoms with E-state index in [0.717, 1.165) is 12.3 Å². The molecule has 130 valence electrons. The highest BCUT2D eigenvalue weighted by atomic mass is 35.5. The topological polar surface area (TPSA) is 47.9 Å². The molecule has 0 saturated heterocycles. The van der Waals surface area contributed by atoms with E-state index >= 15 is 0 Å². The van der Waals surface area contributed by atoms with Gasteiger partial charge in [0.1, 0.15) is 0 Å². The lowest BCUT2D eigenvalue weighted by molar-refractivity contribution is -0.137. The number of rotatable bonds is 3. The highest BCUT2D eigenvalue weighted by Gasteiger charge is 2.31. The second kappa shape index (κ2) is 6.48. The van der Waals surface area contributed by atoms with Crippen LogP contribution >= 0.6 is 11.6 Å². The van der Waals surface area contributed by atoms with Crippen molar-refractivity contribution in [1.29, 1.82) is 0 Å². The smallest absolute Gasteiger partial charge is 0.417 e. The Hall–Kier alpha value is -2.41. The van der Waals surface area contributed by atoms with Crippen LogP contribution in [0.2, 0.25) is 5.02 Å². The van der Waals surface area contributed by atoms with Crippen molar-refractivity contribution in [2.75, 3.05) is 0 Å². The monoisotopic (exact) mass is 367 g/mol. The molecule has 0 saturated carbocycles. The third-order valence-electron chi connectivity index (χ3n) is 3.32. The van der Waals surface area contributed by atoms with Gasteiger partial charge in [0, 0.05) is 11.8 Å². The average molecular weight is 368 g/mol. The normalized spacial score (nSPS) is 12.0. The van der Waals surface area contributed by atoms with E-state index in [-0.39, 0.29) is 16.8 Å². The van der Waals surface area contributed by atoms with Crippen molar-refractivity contribution in [3.63, 3.8) is 0 Å². The van der Waals surface area contributed by atoms with Crippen LogP contribution < -0.4 is 4.74 Å². The largest absolute Gasteiger partial charge is 0.474 e. The van der Waals surface area contributed by atoms with Crippen molar-refractivity contribution in [2.45, 2.75) is 26.1 Å². The standard InChI is InChI=1S/C17H13ClF3N3O/c1-9(2)25-15-8-22-13-4-3-10(5-14(13)24-15)16-12(18)6-11(7-23-16)17(19,20)21/h3-9H,1-2H3. The first-order chi connectivity index (χ1) is 11.7. The number of pyridine rings is 1. The number of benzene rings is 1. The van der Waals surface area contributed by atoms with E-state index in [0.29, 0.717) is 22.5 Å². The Morgan fingerprint density at radius 2 is 1.80 bits per heavy atom. The van der Waals surface area contributed by atoms with E-state index < -0.39 is 11.7 Å². The van der Waals surface area contributed by atoms with Crippen LogP contribution in [0.1, 0.15) is 19.4 Å². The van der Waals surface area contributed by atoms with Gasteiger partial charge in [0.05, 0.1) is 39.6 Å². The molecule has 2 aromatic heterocycles. The summed E-state index contributed by atoms with van der Waals surface area (Å²) in [6, 6.07) is 5.91. The van der Waals surface area contributed by atoms with Crippen molar-refractivity contribution in [3.05, 3.63) is 47.2 Å². The molecule has 0 aliphatic rings. The van der Waals surface area contributed by atoms with E-state index in [9.17, 15) is 13.2 Å². The lowest BCUT2D eigenvalue weighted by Gasteiger charge is -2.11. The number of nitrogens with zero attached hydrogens (tertiary/aromatic N) is 3. The van der Waals surface area contributed by atoms with Crippen molar-refractivity contribution in [2.24, 2.45) is 0 Å². The molecule has 0 radical (unpaired) electrons. The van der Waals surface area contributed by atoms with E-state index in [4.69, 9.17) is 16.3 Å². The maximum Gasteiger partial charge on any atom is 0.417 e. The minimum atomic E-state index is -4.49. The summed E-state index contributed by atoms with van der Waals surface area (Å²) in [5.74, 6) is 0.367. The summed E-state index contributed by atoms with van der Waals surface area (Å²) in [5, 5.41) is -0.0864. The fourth-order valence-corrected chi connectivity index (χ4v) is 2.52. The van der Waals surface area contributed by atoms with Gasteiger partial charge >= 0.3 is 6.18 Å².